The summed E-state index contributed by atoms with van der Waals surface area (Å²) in [6.07, 6.45) is 8.91. The van der Waals surface area contributed by atoms with Gasteiger partial charge in [-0.05, 0) is 68.1 Å². The Morgan fingerprint density at radius 3 is 2.30 bits per heavy atom. The van der Waals surface area contributed by atoms with Gasteiger partial charge in [0.15, 0.2) is 0 Å². The molecule has 5 fully saturated rings. The van der Waals surface area contributed by atoms with Gasteiger partial charge in [-0.1, -0.05) is 0 Å². The molecule has 5 rings (SSSR count). The number of hydrogen-bond donors (Lipinski definition) is 2. The predicted molar refractivity (Wildman–Crippen MR) is 76.6 cm³/mol. The summed E-state index contributed by atoms with van der Waals surface area (Å²) in [5.41, 5.74) is 0.478. The quantitative estimate of drug-likeness (QED) is 0.816. The maximum Gasteiger partial charge on any atom is 0.407 e. The van der Waals surface area contributed by atoms with E-state index in [-0.39, 0.29) is 6.04 Å². The van der Waals surface area contributed by atoms with E-state index >= 15 is 0 Å². The molecule has 0 aromatic rings. The van der Waals surface area contributed by atoms with Crippen molar-refractivity contribution in [2.45, 2.75) is 51.0 Å². The molecule has 4 bridgehead atoms. The van der Waals surface area contributed by atoms with Crippen molar-refractivity contribution in [1.82, 2.24) is 10.2 Å². The van der Waals surface area contributed by atoms with E-state index in [1.54, 1.807) is 4.90 Å². The van der Waals surface area contributed by atoms with Gasteiger partial charge in [-0.25, -0.2) is 4.79 Å². The number of nitrogens with one attached hydrogen (secondary N) is 1. The van der Waals surface area contributed by atoms with Crippen LogP contribution in [0.4, 0.5) is 4.79 Å². The predicted octanol–water partition coefficient (Wildman–Crippen LogP) is 2.54. The van der Waals surface area contributed by atoms with E-state index in [0.29, 0.717) is 12.0 Å². The van der Waals surface area contributed by atoms with Gasteiger partial charge in [0.05, 0.1) is 0 Å². The zero-order valence-corrected chi connectivity index (χ0v) is 12.2. The van der Waals surface area contributed by atoms with Crippen molar-refractivity contribution in [3.05, 3.63) is 0 Å². The van der Waals surface area contributed by atoms with Crippen LogP contribution in [0.25, 0.3) is 0 Å². The normalized spacial score (nSPS) is 46.7. The first-order valence-electron chi connectivity index (χ1n) is 8.34. The smallest absolute Gasteiger partial charge is 0.407 e. The van der Waals surface area contributed by atoms with Crippen LogP contribution in [0.2, 0.25) is 0 Å². The third-order valence-corrected chi connectivity index (χ3v) is 6.43. The Morgan fingerprint density at radius 2 is 1.75 bits per heavy atom. The summed E-state index contributed by atoms with van der Waals surface area (Å²) < 4.78 is 0. The van der Waals surface area contributed by atoms with E-state index in [2.05, 4.69) is 5.32 Å². The Hall–Kier alpha value is -0.770. The molecule has 4 aliphatic carbocycles. The molecule has 0 radical (unpaired) electrons. The first-order chi connectivity index (χ1) is 9.63. The molecule has 1 amide bonds. The van der Waals surface area contributed by atoms with E-state index in [1.807, 2.05) is 0 Å². The fourth-order valence-electron chi connectivity index (χ4n) is 6.23. The van der Waals surface area contributed by atoms with Crippen molar-refractivity contribution in [3.8, 4) is 0 Å². The van der Waals surface area contributed by atoms with Crippen LogP contribution in [-0.4, -0.2) is 41.8 Å². The van der Waals surface area contributed by atoms with Gasteiger partial charge in [0.1, 0.15) is 0 Å². The molecule has 0 aromatic heterocycles. The van der Waals surface area contributed by atoms with Crippen LogP contribution in [0, 0.1) is 23.2 Å². The SMILES string of the molecule is O=C(O)N1CCNCC1CC12CC3CC(CC(C3)C1)C2. The summed E-state index contributed by atoms with van der Waals surface area (Å²) in [6.45, 7) is 2.32. The highest BCUT2D eigenvalue weighted by molar-refractivity contribution is 5.65. The maximum absolute atomic E-state index is 11.4. The van der Waals surface area contributed by atoms with E-state index in [9.17, 15) is 9.90 Å². The Kier molecular flexibility index (Phi) is 2.99. The summed E-state index contributed by atoms with van der Waals surface area (Å²) in [6, 6.07) is 0.206. The van der Waals surface area contributed by atoms with Crippen LogP contribution in [0.3, 0.4) is 0 Å². The molecule has 4 nitrogen and oxygen atoms in total. The standard InChI is InChI=1S/C16H26N2O2/c19-15(20)18-2-1-17-10-14(18)9-16-6-11-3-12(7-16)5-13(4-11)8-16/h11-14,17H,1-10H2,(H,19,20). The van der Waals surface area contributed by atoms with Gasteiger partial charge < -0.3 is 15.3 Å². The molecule has 1 heterocycles. The van der Waals surface area contributed by atoms with Crippen LogP contribution in [-0.2, 0) is 0 Å². The third-order valence-electron chi connectivity index (χ3n) is 6.43. The number of rotatable bonds is 2. The second-order valence-electron chi connectivity index (χ2n) is 7.96. The highest BCUT2D eigenvalue weighted by atomic mass is 16.4. The van der Waals surface area contributed by atoms with Crippen molar-refractivity contribution in [3.63, 3.8) is 0 Å². The van der Waals surface area contributed by atoms with Gasteiger partial charge in [0.2, 0.25) is 0 Å². The first-order valence-corrected chi connectivity index (χ1v) is 8.34. The topological polar surface area (TPSA) is 52.6 Å². The Balaban J connectivity index is 1.51. The van der Waals surface area contributed by atoms with Crippen LogP contribution in [0.15, 0.2) is 0 Å². The number of piperazine rings is 1. The molecule has 20 heavy (non-hydrogen) atoms. The van der Waals surface area contributed by atoms with Gasteiger partial charge in [-0.15, -0.1) is 0 Å². The summed E-state index contributed by atoms with van der Waals surface area (Å²) in [5.74, 6) is 2.86. The molecule has 1 atom stereocenters. The average molecular weight is 278 g/mol. The van der Waals surface area contributed by atoms with Crippen molar-refractivity contribution in [2.24, 2.45) is 23.2 Å². The first kappa shape index (κ1) is 12.9. The molecule has 5 aliphatic rings. The van der Waals surface area contributed by atoms with Crippen molar-refractivity contribution in [1.29, 1.82) is 0 Å². The van der Waals surface area contributed by atoms with Crippen LogP contribution < -0.4 is 5.32 Å². The molecule has 2 N–H and O–H groups in total. The maximum atomic E-state index is 11.4. The lowest BCUT2D eigenvalue weighted by Crippen LogP contribution is -2.56. The highest BCUT2D eigenvalue weighted by Crippen LogP contribution is 2.61. The van der Waals surface area contributed by atoms with Crippen molar-refractivity contribution >= 4 is 6.09 Å². The molecular formula is C16H26N2O2. The average Bonchev–Trinajstić information content (AvgIpc) is 2.36. The minimum atomic E-state index is -0.721. The van der Waals surface area contributed by atoms with Crippen LogP contribution >= 0.6 is 0 Å². The molecule has 0 aromatic carbocycles. The molecule has 4 heteroatoms. The van der Waals surface area contributed by atoms with Crippen molar-refractivity contribution in [2.75, 3.05) is 19.6 Å². The molecule has 1 saturated heterocycles. The Bertz CT molecular complexity index is 374. The minimum Gasteiger partial charge on any atom is -0.465 e. The van der Waals surface area contributed by atoms with Gasteiger partial charge in [-0.2, -0.15) is 0 Å². The van der Waals surface area contributed by atoms with Gasteiger partial charge in [0, 0.05) is 25.7 Å². The number of carboxylic acid groups (broad SMARTS) is 1. The van der Waals surface area contributed by atoms with Crippen LogP contribution in [0.5, 0.6) is 0 Å². The number of amides is 1. The summed E-state index contributed by atoms with van der Waals surface area (Å²) in [5, 5.41) is 12.8. The molecule has 1 unspecified atom stereocenters. The zero-order chi connectivity index (χ0) is 13.7. The fourth-order valence-corrected chi connectivity index (χ4v) is 6.23. The third kappa shape index (κ3) is 2.12. The summed E-state index contributed by atoms with van der Waals surface area (Å²) in [4.78, 5) is 13.2. The second-order valence-corrected chi connectivity index (χ2v) is 7.96. The summed E-state index contributed by atoms with van der Waals surface area (Å²) in [7, 11) is 0. The highest BCUT2D eigenvalue weighted by Gasteiger charge is 2.52. The van der Waals surface area contributed by atoms with Gasteiger partial charge >= 0.3 is 6.09 Å². The Labute approximate surface area is 120 Å². The van der Waals surface area contributed by atoms with Crippen LogP contribution in [0.1, 0.15) is 44.9 Å². The van der Waals surface area contributed by atoms with Crippen molar-refractivity contribution < 1.29 is 9.90 Å². The lowest BCUT2D eigenvalue weighted by atomic mass is 9.48. The number of carbonyl (C=O) groups is 1. The minimum absolute atomic E-state index is 0.206. The molecule has 112 valence electrons. The van der Waals surface area contributed by atoms with E-state index in [1.165, 1.54) is 38.5 Å². The van der Waals surface area contributed by atoms with E-state index in [4.69, 9.17) is 0 Å². The molecule has 4 saturated carbocycles. The molecular weight excluding hydrogens is 252 g/mol. The fraction of sp³-hybridized carbons (Fsp3) is 0.938. The number of nitrogens with zero attached hydrogens (tertiary/aromatic N) is 1. The van der Waals surface area contributed by atoms with Gasteiger partial charge in [-0.3, -0.25) is 0 Å². The summed E-state index contributed by atoms with van der Waals surface area (Å²) >= 11 is 0. The molecule has 0 spiro atoms. The second kappa shape index (κ2) is 4.62. The number of hydrogen-bond acceptors (Lipinski definition) is 2. The zero-order valence-electron chi connectivity index (χ0n) is 12.2. The lowest BCUT2D eigenvalue weighted by molar-refractivity contribution is -0.0695. The Morgan fingerprint density at radius 1 is 1.15 bits per heavy atom. The van der Waals surface area contributed by atoms with E-state index in [0.717, 1.165) is 37.3 Å². The largest absolute Gasteiger partial charge is 0.465 e. The molecule has 1 aliphatic heterocycles. The lowest BCUT2D eigenvalue weighted by Gasteiger charge is -2.58. The van der Waals surface area contributed by atoms with Gasteiger partial charge in [0.25, 0.3) is 0 Å². The monoisotopic (exact) mass is 278 g/mol. The van der Waals surface area contributed by atoms with E-state index < -0.39 is 6.09 Å².